The number of hydrogen-bond donors (Lipinski definition) is 2. The first-order valence-corrected chi connectivity index (χ1v) is 17.0. The summed E-state index contributed by atoms with van der Waals surface area (Å²) in [6.07, 6.45) is 0.898. The van der Waals surface area contributed by atoms with Gasteiger partial charge in [0.25, 0.3) is 0 Å². The van der Waals surface area contributed by atoms with E-state index in [1.807, 2.05) is 13.8 Å². The van der Waals surface area contributed by atoms with Crippen molar-refractivity contribution in [3.05, 3.63) is 32.0 Å². The number of hydrogen-bond acceptors (Lipinski definition) is 16. The predicted molar refractivity (Wildman–Crippen MR) is 171 cm³/mol. The quantitative estimate of drug-likeness (QED) is 0.185. The summed E-state index contributed by atoms with van der Waals surface area (Å²) in [5, 5.41) is 19.7. The highest BCUT2D eigenvalue weighted by Gasteiger charge is 2.23. The topological polar surface area (TPSA) is 190 Å². The van der Waals surface area contributed by atoms with Crippen LogP contribution in [0, 0.1) is 13.8 Å². The number of anilines is 2. The van der Waals surface area contributed by atoms with E-state index in [4.69, 9.17) is 31.1 Å². The summed E-state index contributed by atoms with van der Waals surface area (Å²) >= 11 is 9.87. The van der Waals surface area contributed by atoms with Gasteiger partial charge in [-0.15, -0.1) is 20.4 Å². The number of rotatable bonds is 9. The Morgan fingerprint density at radius 2 is 1.02 bits per heavy atom. The minimum Gasteiger partial charge on any atom is -0.378 e. The van der Waals surface area contributed by atoms with Crippen LogP contribution in [0.4, 0.5) is 11.9 Å². The molecule has 4 N–H and O–H groups in total. The molecule has 20 heteroatoms. The molecule has 0 amide bonds. The molecule has 44 heavy (non-hydrogen) atoms. The lowest BCUT2D eigenvalue weighted by Crippen LogP contribution is -2.37. The Bertz CT molecular complexity index is 1520. The maximum Gasteiger partial charge on any atom is 0.226 e. The zero-order chi connectivity index (χ0) is 30.8. The van der Waals surface area contributed by atoms with Crippen LogP contribution in [0.1, 0.15) is 23.0 Å². The minimum absolute atomic E-state index is 0.449. The molecule has 2 saturated heterocycles. The van der Waals surface area contributed by atoms with Crippen molar-refractivity contribution in [3.8, 4) is 0 Å². The molecule has 0 saturated carbocycles. The second-order valence-electron chi connectivity index (χ2n) is 9.90. The normalized spacial score (nSPS) is 15.7. The molecule has 6 rings (SSSR count). The maximum atomic E-state index is 6.41. The molecule has 6 heterocycles. The van der Waals surface area contributed by atoms with Gasteiger partial charge in [0.2, 0.25) is 22.2 Å². The first kappa shape index (κ1) is 31.2. The molecular weight excluding hydrogens is 740 g/mol. The number of aryl methyl sites for hydroxylation is 4. The van der Waals surface area contributed by atoms with Gasteiger partial charge in [0.05, 0.1) is 46.8 Å². The molecule has 2 aliphatic rings. The molecule has 0 spiro atoms. The third-order valence-corrected chi connectivity index (χ3v) is 11.3. The van der Waals surface area contributed by atoms with Crippen LogP contribution in [0.2, 0.25) is 0 Å². The molecule has 2 aliphatic heterocycles. The summed E-state index contributed by atoms with van der Waals surface area (Å²) in [4.78, 5) is 23.0. The van der Waals surface area contributed by atoms with Crippen LogP contribution < -0.4 is 21.5 Å². The van der Waals surface area contributed by atoms with Gasteiger partial charge in [0.1, 0.15) is 10.1 Å². The molecule has 0 aromatic carbocycles. The van der Waals surface area contributed by atoms with E-state index in [1.165, 1.54) is 32.9 Å². The fourth-order valence-electron chi connectivity index (χ4n) is 4.47. The summed E-state index contributed by atoms with van der Waals surface area (Å²) < 4.78 is 15.4. The van der Waals surface area contributed by atoms with Crippen LogP contribution in [0.25, 0.3) is 0 Å². The highest BCUT2D eigenvalue weighted by atomic mass is 79.9. The summed E-state index contributed by atoms with van der Waals surface area (Å²) in [6.45, 7) is 9.39. The number of nitrogens with zero attached hydrogens (tertiary/aromatic N) is 12. The number of morpholine rings is 2. The highest BCUT2D eigenvalue weighted by molar-refractivity contribution is 9.10. The van der Waals surface area contributed by atoms with E-state index in [9.17, 15) is 0 Å². The Balaban J connectivity index is 1.13. The van der Waals surface area contributed by atoms with E-state index >= 15 is 0 Å². The van der Waals surface area contributed by atoms with Gasteiger partial charge in [-0.2, -0.15) is 0 Å². The Kier molecular flexibility index (Phi) is 9.71. The number of aromatic nitrogens is 10. The van der Waals surface area contributed by atoms with E-state index in [2.05, 4.69) is 72.0 Å². The monoisotopic (exact) mass is 768 g/mol. The summed E-state index contributed by atoms with van der Waals surface area (Å²) in [7, 11) is 0. The summed E-state index contributed by atoms with van der Waals surface area (Å²) in [5.41, 5.74) is 1.65. The van der Waals surface area contributed by atoms with Crippen LogP contribution >= 0.6 is 55.4 Å². The average molecular weight is 771 g/mol. The predicted octanol–water partition coefficient (Wildman–Crippen LogP) is 1.78. The first-order valence-electron chi connectivity index (χ1n) is 13.8. The molecule has 0 radical (unpaired) electrons. The largest absolute Gasteiger partial charge is 0.378 e. The van der Waals surface area contributed by atoms with Crippen LogP contribution in [0.15, 0.2) is 29.3 Å². The lowest BCUT2D eigenvalue weighted by atomic mass is 10.3. The molecule has 0 bridgehead atoms. The molecule has 4 aromatic rings. The van der Waals surface area contributed by atoms with E-state index in [0.717, 1.165) is 46.5 Å². The fourth-order valence-corrected chi connectivity index (χ4v) is 6.96. The molecule has 2 fully saturated rings. The van der Waals surface area contributed by atoms with E-state index in [0.29, 0.717) is 83.2 Å². The molecule has 0 unspecified atom stereocenters. The van der Waals surface area contributed by atoms with Crippen LogP contribution in [0.5, 0.6) is 0 Å². The van der Waals surface area contributed by atoms with E-state index < -0.39 is 0 Å². The Morgan fingerprint density at radius 1 is 0.636 bits per heavy atom. The van der Waals surface area contributed by atoms with E-state index in [-0.39, 0.29) is 0 Å². The van der Waals surface area contributed by atoms with Crippen molar-refractivity contribution in [3.63, 3.8) is 0 Å². The third-order valence-electron chi connectivity index (χ3n) is 6.96. The number of halogens is 2. The lowest BCUT2D eigenvalue weighted by molar-refractivity contribution is 0.122. The van der Waals surface area contributed by atoms with Crippen molar-refractivity contribution in [2.45, 2.75) is 47.1 Å². The van der Waals surface area contributed by atoms with Gasteiger partial charge in [-0.3, -0.25) is 0 Å². The molecule has 0 atom stereocenters. The van der Waals surface area contributed by atoms with Gasteiger partial charge in [0, 0.05) is 39.0 Å². The standard InChI is InChI=1S/C24H30Br2N14O2S2/c1-13-17(25)19(31-21(29-13)37-5-9-41-10-6-37)43-23-35-33-15(39(23)27)3-4-16-34-36-24(40(16)28)44-20-18(26)14(2)30-22(32-20)38-7-11-42-12-8-38/h3-12,27-28H2,1-2H3. The van der Waals surface area contributed by atoms with Crippen molar-refractivity contribution < 1.29 is 9.47 Å². The molecule has 234 valence electrons. The number of ether oxygens (including phenoxy) is 2. The number of nitrogens with two attached hydrogens (primary N) is 2. The smallest absolute Gasteiger partial charge is 0.226 e. The Hall–Kier alpha value is -2.78. The van der Waals surface area contributed by atoms with Crippen molar-refractivity contribution >= 4 is 67.3 Å². The van der Waals surface area contributed by atoms with Gasteiger partial charge >= 0.3 is 0 Å². The van der Waals surface area contributed by atoms with Crippen molar-refractivity contribution in [2.24, 2.45) is 0 Å². The maximum absolute atomic E-state index is 6.41. The van der Waals surface area contributed by atoms with Crippen LogP contribution in [-0.4, -0.2) is 102 Å². The van der Waals surface area contributed by atoms with Gasteiger partial charge in [0.15, 0.2) is 11.6 Å². The van der Waals surface area contributed by atoms with Crippen molar-refractivity contribution in [2.75, 3.05) is 74.1 Å². The summed E-state index contributed by atoms with van der Waals surface area (Å²) in [5.74, 6) is 15.3. The minimum atomic E-state index is 0.449. The highest BCUT2D eigenvalue weighted by Crippen LogP contribution is 2.35. The zero-order valence-electron chi connectivity index (χ0n) is 24.0. The van der Waals surface area contributed by atoms with Crippen molar-refractivity contribution in [1.29, 1.82) is 0 Å². The molecule has 16 nitrogen and oxygen atoms in total. The van der Waals surface area contributed by atoms with Crippen LogP contribution in [-0.2, 0) is 22.3 Å². The van der Waals surface area contributed by atoms with Gasteiger partial charge in [-0.1, -0.05) is 0 Å². The second kappa shape index (κ2) is 13.7. The number of nitrogen functional groups attached to an aromatic ring is 2. The second-order valence-corrected chi connectivity index (χ2v) is 13.4. The first-order chi connectivity index (χ1) is 21.3. The van der Waals surface area contributed by atoms with Crippen molar-refractivity contribution in [1.82, 2.24) is 49.7 Å². The van der Waals surface area contributed by atoms with Crippen LogP contribution in [0.3, 0.4) is 0 Å². The fraction of sp³-hybridized carbons (Fsp3) is 0.500. The molecule has 4 aromatic heterocycles. The summed E-state index contributed by atoms with van der Waals surface area (Å²) in [6, 6.07) is 0. The van der Waals surface area contributed by atoms with E-state index in [1.54, 1.807) is 0 Å². The third kappa shape index (κ3) is 6.74. The Morgan fingerprint density at radius 3 is 1.41 bits per heavy atom. The molecule has 0 aliphatic carbocycles. The SMILES string of the molecule is Cc1nc(N2CCOCC2)nc(Sc2nnc(CCc3nnc(Sc4nc(N5CCOCC5)nc(C)c4Br)n3N)n2N)c1Br. The zero-order valence-corrected chi connectivity index (χ0v) is 28.8. The average Bonchev–Trinajstić information content (AvgIpc) is 3.57. The molecular formula is C24H30Br2N14O2S2. The lowest BCUT2D eigenvalue weighted by Gasteiger charge is -2.27. The Labute approximate surface area is 278 Å². The van der Waals surface area contributed by atoms with Gasteiger partial charge in [-0.05, 0) is 69.2 Å². The van der Waals surface area contributed by atoms with Gasteiger partial charge in [-0.25, -0.2) is 29.3 Å². The van der Waals surface area contributed by atoms with Gasteiger partial charge < -0.3 is 31.0 Å².